The predicted molar refractivity (Wildman–Crippen MR) is 109 cm³/mol. The van der Waals surface area contributed by atoms with Gasteiger partial charge in [-0.05, 0) is 43.3 Å². The summed E-state index contributed by atoms with van der Waals surface area (Å²) in [5.74, 6) is -0.816. The van der Waals surface area contributed by atoms with Crippen molar-refractivity contribution in [3.8, 4) is 0 Å². The Bertz CT molecular complexity index is 918. The van der Waals surface area contributed by atoms with Crippen LogP contribution in [0.4, 0.5) is 10.8 Å². The maximum Gasteiger partial charge on any atom is 0.338 e. The second-order valence-corrected chi connectivity index (χ2v) is 7.13. The molecule has 2 aromatic carbocycles. The van der Waals surface area contributed by atoms with Crippen LogP contribution in [0.2, 0.25) is 0 Å². The van der Waals surface area contributed by atoms with Gasteiger partial charge in [0.15, 0.2) is 11.7 Å². The van der Waals surface area contributed by atoms with Crippen molar-refractivity contribution in [3.63, 3.8) is 0 Å². The summed E-state index contributed by atoms with van der Waals surface area (Å²) in [6, 6.07) is 14.8. The van der Waals surface area contributed by atoms with Crippen LogP contribution in [0.15, 0.2) is 48.5 Å². The molecule has 0 N–H and O–H groups in total. The third kappa shape index (κ3) is 4.25. The topological polar surface area (TPSA) is 62.7 Å². The van der Waals surface area contributed by atoms with Gasteiger partial charge in [0.25, 0.3) is 5.91 Å². The summed E-state index contributed by atoms with van der Waals surface area (Å²) in [6.07, 6.45) is 0. The lowest BCUT2D eigenvalue weighted by molar-refractivity contribution is -0.121. The predicted octanol–water partition coefficient (Wildman–Crippen LogP) is 3.57. The van der Waals surface area contributed by atoms with Crippen molar-refractivity contribution < 1.29 is 14.3 Å². The van der Waals surface area contributed by atoms with Gasteiger partial charge in [-0.25, -0.2) is 9.78 Å². The summed E-state index contributed by atoms with van der Waals surface area (Å²) in [7, 11) is 3.85. The van der Waals surface area contributed by atoms with E-state index in [1.807, 2.05) is 62.3 Å². The van der Waals surface area contributed by atoms with Crippen LogP contribution in [0.3, 0.4) is 0 Å². The van der Waals surface area contributed by atoms with E-state index in [0.717, 1.165) is 15.9 Å². The number of rotatable bonds is 6. The standard InChI is InChI=1S/C20H21N3O3S/c1-4-23(20-21-16-7-5-6-8-17(16)27-20)18(24)13-26-19(25)14-9-11-15(12-10-14)22(2)3/h5-12H,4,13H2,1-3H3. The Morgan fingerprint density at radius 3 is 2.41 bits per heavy atom. The summed E-state index contributed by atoms with van der Waals surface area (Å²) in [6.45, 7) is 2.00. The van der Waals surface area contributed by atoms with Crippen molar-refractivity contribution >= 4 is 44.2 Å². The molecule has 7 heteroatoms. The highest BCUT2D eigenvalue weighted by atomic mass is 32.1. The average molecular weight is 383 g/mol. The molecule has 3 rings (SSSR count). The summed E-state index contributed by atoms with van der Waals surface area (Å²) in [4.78, 5) is 32.7. The smallest absolute Gasteiger partial charge is 0.338 e. The molecule has 0 spiro atoms. The molecule has 0 saturated carbocycles. The van der Waals surface area contributed by atoms with Crippen LogP contribution in [-0.2, 0) is 9.53 Å². The number of carbonyl (C=O) groups excluding carboxylic acids is 2. The van der Waals surface area contributed by atoms with Gasteiger partial charge in [-0.15, -0.1) is 0 Å². The van der Waals surface area contributed by atoms with E-state index in [-0.39, 0.29) is 12.5 Å². The Hall–Kier alpha value is -2.93. The van der Waals surface area contributed by atoms with Gasteiger partial charge in [-0.1, -0.05) is 23.5 Å². The van der Waals surface area contributed by atoms with Crippen LogP contribution < -0.4 is 9.80 Å². The first-order valence-electron chi connectivity index (χ1n) is 8.60. The first-order chi connectivity index (χ1) is 13.0. The minimum atomic E-state index is -0.519. The molecule has 6 nitrogen and oxygen atoms in total. The number of hydrogen-bond donors (Lipinski definition) is 0. The van der Waals surface area contributed by atoms with Crippen molar-refractivity contribution in [2.45, 2.75) is 6.92 Å². The monoisotopic (exact) mass is 383 g/mol. The van der Waals surface area contributed by atoms with Gasteiger partial charge in [-0.2, -0.15) is 0 Å². The van der Waals surface area contributed by atoms with Gasteiger partial charge in [0, 0.05) is 26.3 Å². The van der Waals surface area contributed by atoms with Crippen molar-refractivity contribution in [2.75, 3.05) is 37.0 Å². The normalized spacial score (nSPS) is 10.6. The summed E-state index contributed by atoms with van der Waals surface area (Å²) in [5.41, 5.74) is 2.24. The summed E-state index contributed by atoms with van der Waals surface area (Å²) < 4.78 is 6.21. The van der Waals surface area contributed by atoms with E-state index in [1.54, 1.807) is 12.1 Å². The molecule has 1 heterocycles. The van der Waals surface area contributed by atoms with Gasteiger partial charge in [0.1, 0.15) is 0 Å². The number of nitrogens with zero attached hydrogens (tertiary/aromatic N) is 3. The van der Waals surface area contributed by atoms with E-state index in [0.29, 0.717) is 17.2 Å². The summed E-state index contributed by atoms with van der Waals surface area (Å²) in [5, 5.41) is 0.607. The first kappa shape index (κ1) is 18.8. The van der Waals surface area contributed by atoms with Crippen LogP contribution in [0.5, 0.6) is 0 Å². The second-order valence-electron chi connectivity index (χ2n) is 6.12. The van der Waals surface area contributed by atoms with Crippen molar-refractivity contribution in [1.29, 1.82) is 0 Å². The number of amides is 1. The molecule has 0 bridgehead atoms. The highest BCUT2D eigenvalue weighted by Gasteiger charge is 2.20. The van der Waals surface area contributed by atoms with Crippen LogP contribution in [0.25, 0.3) is 10.2 Å². The lowest BCUT2D eigenvalue weighted by Gasteiger charge is -2.17. The number of ether oxygens (including phenoxy) is 1. The zero-order chi connectivity index (χ0) is 19.4. The lowest BCUT2D eigenvalue weighted by Crippen LogP contribution is -2.34. The largest absolute Gasteiger partial charge is 0.452 e. The fourth-order valence-electron chi connectivity index (χ4n) is 2.58. The molecule has 3 aromatic rings. The number of anilines is 2. The maximum atomic E-state index is 12.5. The van der Waals surface area contributed by atoms with Gasteiger partial charge in [0.2, 0.25) is 0 Å². The first-order valence-corrected chi connectivity index (χ1v) is 9.41. The van der Waals surface area contributed by atoms with Crippen molar-refractivity contribution in [3.05, 3.63) is 54.1 Å². The Balaban J connectivity index is 1.65. The SMILES string of the molecule is CCN(C(=O)COC(=O)c1ccc(N(C)C)cc1)c1nc2ccccc2s1. The van der Waals surface area contributed by atoms with E-state index in [1.165, 1.54) is 16.2 Å². The molecule has 140 valence electrons. The van der Waals surface area contributed by atoms with Crippen LogP contribution in [-0.4, -0.2) is 44.1 Å². The Kier molecular flexibility index (Phi) is 5.71. The molecule has 1 amide bonds. The zero-order valence-electron chi connectivity index (χ0n) is 15.5. The minimum absolute atomic E-state index is 0.296. The lowest BCUT2D eigenvalue weighted by atomic mass is 10.2. The molecule has 0 aliphatic rings. The minimum Gasteiger partial charge on any atom is -0.452 e. The number of para-hydroxylation sites is 1. The van der Waals surface area contributed by atoms with Crippen molar-refractivity contribution in [2.24, 2.45) is 0 Å². The quantitative estimate of drug-likeness (QED) is 0.609. The number of likely N-dealkylation sites (N-methyl/N-ethyl adjacent to an activating group) is 1. The van der Waals surface area contributed by atoms with Gasteiger partial charge < -0.3 is 9.64 Å². The number of thiazole rings is 1. The van der Waals surface area contributed by atoms with Crippen LogP contribution >= 0.6 is 11.3 Å². The van der Waals surface area contributed by atoms with E-state index in [9.17, 15) is 9.59 Å². The number of fused-ring (bicyclic) bond motifs is 1. The molecule has 0 radical (unpaired) electrons. The number of benzene rings is 2. The number of hydrogen-bond acceptors (Lipinski definition) is 6. The maximum absolute atomic E-state index is 12.5. The van der Waals surface area contributed by atoms with E-state index in [4.69, 9.17) is 4.74 Å². The number of esters is 1. The molecule has 0 saturated heterocycles. The number of carbonyl (C=O) groups is 2. The van der Waals surface area contributed by atoms with Gasteiger partial charge >= 0.3 is 5.97 Å². The summed E-state index contributed by atoms with van der Waals surface area (Å²) >= 11 is 1.44. The molecule has 0 atom stereocenters. The second kappa shape index (κ2) is 8.18. The zero-order valence-corrected chi connectivity index (χ0v) is 16.3. The van der Waals surface area contributed by atoms with Crippen LogP contribution in [0.1, 0.15) is 17.3 Å². The van der Waals surface area contributed by atoms with Crippen LogP contribution in [0, 0.1) is 0 Å². The third-order valence-electron chi connectivity index (χ3n) is 4.08. The average Bonchev–Trinajstić information content (AvgIpc) is 3.10. The van der Waals surface area contributed by atoms with Gasteiger partial charge in [-0.3, -0.25) is 9.69 Å². The molecular weight excluding hydrogens is 362 g/mol. The fourth-order valence-corrected chi connectivity index (χ4v) is 3.62. The molecule has 27 heavy (non-hydrogen) atoms. The molecule has 1 aromatic heterocycles. The Labute approximate surface area is 162 Å². The van der Waals surface area contributed by atoms with Gasteiger partial charge in [0.05, 0.1) is 15.8 Å². The van der Waals surface area contributed by atoms with E-state index in [2.05, 4.69) is 4.98 Å². The molecular formula is C20H21N3O3S. The number of aromatic nitrogens is 1. The highest BCUT2D eigenvalue weighted by molar-refractivity contribution is 7.22. The highest BCUT2D eigenvalue weighted by Crippen LogP contribution is 2.28. The third-order valence-corrected chi connectivity index (χ3v) is 5.14. The van der Waals surface area contributed by atoms with E-state index < -0.39 is 5.97 Å². The van der Waals surface area contributed by atoms with Crippen molar-refractivity contribution in [1.82, 2.24) is 4.98 Å². The Morgan fingerprint density at radius 2 is 1.78 bits per heavy atom. The fraction of sp³-hybridized carbons (Fsp3) is 0.250. The molecule has 0 aliphatic heterocycles. The van der Waals surface area contributed by atoms with E-state index >= 15 is 0 Å². The Morgan fingerprint density at radius 1 is 1.07 bits per heavy atom. The molecule has 0 unspecified atom stereocenters. The molecule has 0 aliphatic carbocycles. The molecule has 0 fully saturated rings.